The number of nitrogens with one attached hydrogen (secondary N) is 1. The number of esters is 1. The van der Waals surface area contributed by atoms with Crippen LogP contribution in [0.1, 0.15) is 41.8 Å². The Hall–Kier alpha value is -2.53. The molecule has 0 aliphatic carbocycles. The number of benzene rings is 2. The second-order valence-corrected chi connectivity index (χ2v) is 6.60. The zero-order valence-corrected chi connectivity index (χ0v) is 16.7. The molecule has 0 aromatic heterocycles. The van der Waals surface area contributed by atoms with Gasteiger partial charge in [0.1, 0.15) is 5.75 Å². The van der Waals surface area contributed by atoms with Crippen molar-refractivity contribution < 1.29 is 19.1 Å². The monoisotopic (exact) mass is 389 g/mol. The van der Waals surface area contributed by atoms with Gasteiger partial charge in [-0.2, -0.15) is 0 Å². The van der Waals surface area contributed by atoms with Crippen molar-refractivity contribution >= 4 is 29.2 Å². The Morgan fingerprint density at radius 2 is 1.85 bits per heavy atom. The summed E-state index contributed by atoms with van der Waals surface area (Å²) < 4.78 is 10.9. The highest BCUT2D eigenvalue weighted by atomic mass is 35.5. The summed E-state index contributed by atoms with van der Waals surface area (Å²) in [6.45, 7) is 7.79. The summed E-state index contributed by atoms with van der Waals surface area (Å²) >= 11 is 6.21. The molecule has 1 amide bonds. The fourth-order valence-corrected chi connectivity index (χ4v) is 2.71. The summed E-state index contributed by atoms with van der Waals surface area (Å²) in [5.41, 5.74) is 2.77. The Bertz CT molecular complexity index is 835. The molecule has 144 valence electrons. The quantitative estimate of drug-likeness (QED) is 0.682. The third kappa shape index (κ3) is 5.47. The molecule has 6 heteroatoms. The maximum absolute atomic E-state index is 12.6. The highest BCUT2D eigenvalue weighted by Crippen LogP contribution is 2.25. The van der Waals surface area contributed by atoms with E-state index in [1.54, 1.807) is 19.1 Å². The van der Waals surface area contributed by atoms with E-state index in [4.69, 9.17) is 21.1 Å². The van der Waals surface area contributed by atoms with E-state index in [1.165, 1.54) is 6.07 Å². The van der Waals surface area contributed by atoms with E-state index in [1.807, 2.05) is 39.0 Å². The van der Waals surface area contributed by atoms with Crippen molar-refractivity contribution in [1.82, 2.24) is 0 Å². The van der Waals surface area contributed by atoms with Crippen LogP contribution in [0.2, 0.25) is 5.02 Å². The fourth-order valence-electron chi connectivity index (χ4n) is 2.48. The molecule has 2 aromatic rings. The maximum Gasteiger partial charge on any atom is 0.338 e. The molecule has 0 bridgehead atoms. The van der Waals surface area contributed by atoms with Crippen LogP contribution >= 0.6 is 11.6 Å². The number of hydrogen-bond donors (Lipinski definition) is 1. The number of amides is 1. The highest BCUT2D eigenvalue weighted by molar-refractivity contribution is 6.34. The molecular weight excluding hydrogens is 366 g/mol. The Kier molecular flexibility index (Phi) is 7.25. The van der Waals surface area contributed by atoms with Gasteiger partial charge in [-0.1, -0.05) is 30.7 Å². The second kappa shape index (κ2) is 9.42. The minimum atomic E-state index is -0.661. The van der Waals surface area contributed by atoms with Crippen LogP contribution in [-0.2, 0) is 9.53 Å². The van der Waals surface area contributed by atoms with Gasteiger partial charge in [0.15, 0.2) is 6.10 Å². The van der Waals surface area contributed by atoms with E-state index in [2.05, 4.69) is 5.32 Å². The number of hydrogen-bond acceptors (Lipinski definition) is 4. The van der Waals surface area contributed by atoms with E-state index in [9.17, 15) is 9.59 Å². The zero-order chi connectivity index (χ0) is 20.0. The molecule has 2 aromatic carbocycles. The second-order valence-electron chi connectivity index (χ2n) is 6.19. The molecule has 0 aliphatic heterocycles. The van der Waals surface area contributed by atoms with E-state index < -0.39 is 12.1 Å². The van der Waals surface area contributed by atoms with Gasteiger partial charge >= 0.3 is 5.97 Å². The van der Waals surface area contributed by atoms with Gasteiger partial charge in [-0.15, -0.1) is 0 Å². The van der Waals surface area contributed by atoms with Crippen molar-refractivity contribution in [3.63, 3.8) is 0 Å². The number of rotatable bonds is 7. The number of ether oxygens (including phenoxy) is 2. The van der Waals surface area contributed by atoms with E-state index >= 15 is 0 Å². The Morgan fingerprint density at radius 3 is 2.48 bits per heavy atom. The first-order valence-corrected chi connectivity index (χ1v) is 9.25. The molecular formula is C21H24ClNO4. The molecule has 5 nitrogen and oxygen atoms in total. The number of anilines is 1. The van der Waals surface area contributed by atoms with Crippen LogP contribution in [0.4, 0.5) is 5.69 Å². The first-order chi connectivity index (χ1) is 12.8. The lowest BCUT2D eigenvalue weighted by Gasteiger charge is -2.19. The van der Waals surface area contributed by atoms with Gasteiger partial charge in [-0.05, 0) is 62.6 Å². The molecule has 0 saturated carbocycles. The minimum absolute atomic E-state index is 0.260. The first kappa shape index (κ1) is 20.8. The average molecular weight is 390 g/mol. The third-order valence-corrected chi connectivity index (χ3v) is 4.33. The minimum Gasteiger partial charge on any atom is -0.480 e. The molecule has 1 atom stereocenters. The molecule has 1 N–H and O–H groups in total. The highest BCUT2D eigenvalue weighted by Gasteiger charge is 2.21. The van der Waals surface area contributed by atoms with Crippen LogP contribution in [0, 0.1) is 13.8 Å². The van der Waals surface area contributed by atoms with Crippen molar-refractivity contribution in [2.45, 2.75) is 40.2 Å². The molecule has 0 radical (unpaired) electrons. The van der Waals surface area contributed by atoms with E-state index in [-0.39, 0.29) is 17.5 Å². The first-order valence-electron chi connectivity index (χ1n) is 8.87. The van der Waals surface area contributed by atoms with Crippen molar-refractivity contribution in [2.24, 2.45) is 0 Å². The predicted octanol–water partition coefficient (Wildman–Crippen LogP) is 4.93. The molecule has 1 unspecified atom stereocenters. The summed E-state index contributed by atoms with van der Waals surface area (Å²) in [6.07, 6.45) is -0.163. The SMILES string of the molecule is CCOC(=O)c1ccc(NC(=O)C(CC)Oc2cc(C)ccc2C)c(Cl)c1. The van der Waals surface area contributed by atoms with Crippen molar-refractivity contribution in [1.29, 1.82) is 0 Å². The molecule has 0 saturated heterocycles. The number of halogens is 1. The average Bonchev–Trinajstić information content (AvgIpc) is 2.64. The summed E-state index contributed by atoms with van der Waals surface area (Å²) in [6, 6.07) is 10.5. The van der Waals surface area contributed by atoms with Crippen LogP contribution in [0.15, 0.2) is 36.4 Å². The Balaban J connectivity index is 2.12. The van der Waals surface area contributed by atoms with Crippen LogP contribution in [-0.4, -0.2) is 24.6 Å². The maximum atomic E-state index is 12.6. The third-order valence-electron chi connectivity index (χ3n) is 4.01. The van der Waals surface area contributed by atoms with Crippen LogP contribution in [0.5, 0.6) is 5.75 Å². The summed E-state index contributed by atoms with van der Waals surface area (Å²) in [7, 11) is 0. The van der Waals surface area contributed by atoms with Gasteiger partial charge in [0.2, 0.25) is 0 Å². The van der Waals surface area contributed by atoms with Gasteiger partial charge < -0.3 is 14.8 Å². The van der Waals surface area contributed by atoms with Gasteiger partial charge in [0.25, 0.3) is 5.91 Å². The zero-order valence-electron chi connectivity index (χ0n) is 16.0. The summed E-state index contributed by atoms with van der Waals surface area (Å²) in [4.78, 5) is 24.4. The van der Waals surface area contributed by atoms with E-state index in [0.29, 0.717) is 23.4 Å². The van der Waals surface area contributed by atoms with Gasteiger partial charge in [-0.3, -0.25) is 4.79 Å². The number of carbonyl (C=O) groups is 2. The smallest absolute Gasteiger partial charge is 0.338 e. The molecule has 27 heavy (non-hydrogen) atoms. The summed E-state index contributed by atoms with van der Waals surface area (Å²) in [5, 5.41) is 3.03. The Morgan fingerprint density at radius 1 is 1.11 bits per heavy atom. The summed E-state index contributed by atoms with van der Waals surface area (Å²) in [5.74, 6) is -0.0769. The lowest BCUT2D eigenvalue weighted by atomic mass is 10.1. The van der Waals surface area contributed by atoms with E-state index in [0.717, 1.165) is 11.1 Å². The molecule has 0 spiro atoms. The largest absolute Gasteiger partial charge is 0.480 e. The molecule has 0 aliphatic rings. The van der Waals surface area contributed by atoms with Crippen molar-refractivity contribution in [2.75, 3.05) is 11.9 Å². The number of aryl methyl sites for hydroxylation is 2. The standard InChI is InChI=1S/C21H24ClNO4/c1-5-18(27-19-11-13(3)7-8-14(19)4)20(24)23-17-10-9-15(12-16(17)22)21(25)26-6-2/h7-12,18H,5-6H2,1-4H3,(H,23,24). The fraction of sp³-hybridized carbons (Fsp3) is 0.333. The van der Waals surface area contributed by atoms with Crippen molar-refractivity contribution in [3.8, 4) is 5.75 Å². The number of carbonyl (C=O) groups excluding carboxylic acids is 2. The molecule has 0 fully saturated rings. The molecule has 0 heterocycles. The van der Waals surface area contributed by atoms with Crippen LogP contribution < -0.4 is 10.1 Å². The molecule has 2 rings (SSSR count). The van der Waals surface area contributed by atoms with Gasteiger partial charge in [-0.25, -0.2) is 4.79 Å². The topological polar surface area (TPSA) is 64.6 Å². The van der Waals surface area contributed by atoms with Gasteiger partial charge in [0, 0.05) is 0 Å². The van der Waals surface area contributed by atoms with Crippen LogP contribution in [0.25, 0.3) is 0 Å². The Labute approximate surface area is 164 Å². The normalized spacial score (nSPS) is 11.6. The lowest BCUT2D eigenvalue weighted by molar-refractivity contribution is -0.122. The van der Waals surface area contributed by atoms with Gasteiger partial charge in [0.05, 0.1) is 22.9 Å². The predicted molar refractivity (Wildman–Crippen MR) is 107 cm³/mol. The van der Waals surface area contributed by atoms with Crippen LogP contribution in [0.3, 0.4) is 0 Å². The lowest BCUT2D eigenvalue weighted by Crippen LogP contribution is -2.32. The van der Waals surface area contributed by atoms with Crippen molar-refractivity contribution in [3.05, 3.63) is 58.1 Å².